The number of carbonyl (C=O) groups is 1. The summed E-state index contributed by atoms with van der Waals surface area (Å²) in [5.41, 5.74) is -0.458. The molecule has 50 valence electrons. The molecule has 0 aromatic carbocycles. The first-order valence-corrected chi connectivity index (χ1v) is 3.31. The van der Waals surface area contributed by atoms with Crippen molar-refractivity contribution in [1.29, 1.82) is 0 Å². The van der Waals surface area contributed by atoms with Crippen LogP contribution in [0.4, 0.5) is 0 Å². The maximum Gasteiger partial charge on any atom is 0.140 e. The Labute approximate surface area is 53.1 Å². The molecule has 0 unspecified atom stereocenters. The van der Waals surface area contributed by atoms with Crippen LogP contribution in [0.5, 0.6) is 0 Å². The van der Waals surface area contributed by atoms with Crippen LogP contribution in [-0.2, 0) is 4.79 Å². The van der Waals surface area contributed by atoms with Crippen molar-refractivity contribution in [2.24, 2.45) is 5.92 Å². The second kappa shape index (κ2) is 1.29. The maximum absolute atomic E-state index is 10.4. The Morgan fingerprint density at radius 1 is 1.78 bits per heavy atom. The van der Waals surface area contributed by atoms with Crippen molar-refractivity contribution < 1.29 is 15.2 Å². The lowest BCUT2D eigenvalue weighted by molar-refractivity contribution is -0.684. The molecular weight excluding hydrogens is 118 g/mol. The molecule has 0 aromatic heterocycles. The van der Waals surface area contributed by atoms with Crippen LogP contribution in [0.2, 0.25) is 0 Å². The molecule has 2 rings (SSSR count). The van der Waals surface area contributed by atoms with E-state index in [0.717, 1.165) is 19.4 Å². The van der Waals surface area contributed by atoms with E-state index in [-0.39, 0.29) is 0 Å². The summed E-state index contributed by atoms with van der Waals surface area (Å²) < 4.78 is 0. The minimum Gasteiger partial charge on any atom is -0.544 e. The zero-order chi connectivity index (χ0) is 6.48. The number of quaternary nitrogens is 1. The predicted octanol–water partition coefficient (Wildman–Crippen LogP) is -2.54. The average molecular weight is 127 g/mol. The van der Waals surface area contributed by atoms with Gasteiger partial charge in [-0.2, -0.15) is 0 Å². The Kier molecular flexibility index (Phi) is 0.750. The fourth-order valence-electron chi connectivity index (χ4n) is 1.83. The first-order chi connectivity index (χ1) is 4.26. The lowest BCUT2D eigenvalue weighted by Gasteiger charge is -2.09. The van der Waals surface area contributed by atoms with E-state index in [1.807, 2.05) is 5.32 Å². The highest BCUT2D eigenvalue weighted by Gasteiger charge is 2.63. The topological polar surface area (TPSA) is 56.7 Å². The monoisotopic (exact) mass is 127 g/mol. The standard InChI is InChI=1S/C6H9NO2/c8-5(9)6-3-4(6)1-2-7-6/h4,7H,1-3H2,(H,8,9)/t4-,6+/m1/s1. The van der Waals surface area contributed by atoms with Gasteiger partial charge in [0.25, 0.3) is 0 Å². The quantitative estimate of drug-likeness (QED) is 0.422. The van der Waals surface area contributed by atoms with Crippen molar-refractivity contribution in [1.82, 2.24) is 0 Å². The lowest BCUT2D eigenvalue weighted by Crippen LogP contribution is -2.93. The number of carboxylic acid groups (broad SMARTS) is 1. The van der Waals surface area contributed by atoms with Crippen LogP contribution < -0.4 is 10.4 Å². The Bertz CT molecular complexity index is 168. The van der Waals surface area contributed by atoms with E-state index in [9.17, 15) is 9.90 Å². The molecular formula is C6H9NO2. The molecule has 1 saturated heterocycles. The van der Waals surface area contributed by atoms with Crippen LogP contribution in [0, 0.1) is 5.92 Å². The minimum absolute atomic E-state index is 0.433. The molecule has 1 aliphatic carbocycles. The average Bonchev–Trinajstić information content (AvgIpc) is 2.38. The molecule has 0 spiro atoms. The van der Waals surface area contributed by atoms with Gasteiger partial charge in [0.15, 0.2) is 0 Å². The molecule has 0 amide bonds. The molecule has 2 atom stereocenters. The highest BCUT2D eigenvalue weighted by Crippen LogP contribution is 2.44. The van der Waals surface area contributed by atoms with Gasteiger partial charge in [0.1, 0.15) is 11.5 Å². The smallest absolute Gasteiger partial charge is 0.140 e. The van der Waals surface area contributed by atoms with E-state index in [4.69, 9.17) is 0 Å². The summed E-state index contributed by atoms with van der Waals surface area (Å²) in [6.45, 7) is 0.971. The number of hydrogen-bond acceptors (Lipinski definition) is 2. The Morgan fingerprint density at radius 2 is 2.56 bits per heavy atom. The number of carbonyl (C=O) groups excluding carboxylic acids is 1. The zero-order valence-corrected chi connectivity index (χ0v) is 5.09. The maximum atomic E-state index is 10.4. The van der Waals surface area contributed by atoms with Crippen LogP contribution in [0.25, 0.3) is 0 Å². The van der Waals surface area contributed by atoms with Gasteiger partial charge < -0.3 is 15.2 Å². The van der Waals surface area contributed by atoms with E-state index >= 15 is 0 Å². The van der Waals surface area contributed by atoms with Crippen LogP contribution in [-0.4, -0.2) is 18.1 Å². The number of rotatable bonds is 1. The van der Waals surface area contributed by atoms with Gasteiger partial charge in [-0.3, -0.25) is 0 Å². The van der Waals surface area contributed by atoms with Gasteiger partial charge >= 0.3 is 0 Å². The Morgan fingerprint density at radius 3 is 2.78 bits per heavy atom. The van der Waals surface area contributed by atoms with Gasteiger partial charge in [-0.05, 0) is 0 Å². The third kappa shape index (κ3) is 0.477. The molecule has 1 saturated carbocycles. The second-order valence-electron chi connectivity index (χ2n) is 3.01. The number of carboxylic acids is 1. The highest BCUT2D eigenvalue weighted by atomic mass is 16.4. The molecule has 1 heterocycles. The van der Waals surface area contributed by atoms with Gasteiger partial charge in [-0.15, -0.1) is 0 Å². The van der Waals surface area contributed by atoms with Gasteiger partial charge in [-0.1, -0.05) is 0 Å². The number of fused-ring (bicyclic) bond motifs is 1. The molecule has 0 aromatic rings. The molecule has 2 fully saturated rings. The minimum atomic E-state index is -0.856. The van der Waals surface area contributed by atoms with Crippen molar-refractivity contribution in [2.75, 3.05) is 6.54 Å². The number of nitrogens with two attached hydrogens (primary N) is 1. The van der Waals surface area contributed by atoms with Crippen molar-refractivity contribution in [3.8, 4) is 0 Å². The summed E-state index contributed by atoms with van der Waals surface area (Å²) in [4.78, 5) is 10.4. The Hall–Kier alpha value is -0.570. The second-order valence-corrected chi connectivity index (χ2v) is 3.01. The predicted molar refractivity (Wildman–Crippen MR) is 27.3 cm³/mol. The van der Waals surface area contributed by atoms with E-state index in [2.05, 4.69) is 0 Å². The van der Waals surface area contributed by atoms with Gasteiger partial charge in [-0.25, -0.2) is 0 Å². The van der Waals surface area contributed by atoms with Crippen LogP contribution in [0.15, 0.2) is 0 Å². The summed E-state index contributed by atoms with van der Waals surface area (Å²) in [6.07, 6.45) is 1.91. The molecule has 0 radical (unpaired) electrons. The van der Waals surface area contributed by atoms with Crippen LogP contribution >= 0.6 is 0 Å². The molecule has 3 heteroatoms. The normalized spacial score (nSPS) is 46.4. The van der Waals surface area contributed by atoms with E-state index in [0.29, 0.717) is 5.92 Å². The van der Waals surface area contributed by atoms with E-state index < -0.39 is 11.5 Å². The van der Waals surface area contributed by atoms with Crippen LogP contribution in [0.1, 0.15) is 12.8 Å². The summed E-state index contributed by atoms with van der Waals surface area (Å²) in [6, 6.07) is 0. The van der Waals surface area contributed by atoms with Gasteiger partial charge in [0.05, 0.1) is 6.54 Å². The molecule has 2 aliphatic rings. The SMILES string of the molecule is O=C([O-])[C@]12C[C@H]1CC[NH2+]2. The third-order valence-corrected chi connectivity index (χ3v) is 2.56. The molecule has 1 aliphatic heterocycles. The van der Waals surface area contributed by atoms with E-state index in [1.54, 1.807) is 0 Å². The Balaban J connectivity index is 2.19. The summed E-state index contributed by atoms with van der Waals surface area (Å²) in [7, 11) is 0. The summed E-state index contributed by atoms with van der Waals surface area (Å²) >= 11 is 0. The zero-order valence-electron chi connectivity index (χ0n) is 5.09. The number of hydrogen-bond donors (Lipinski definition) is 1. The molecule has 9 heavy (non-hydrogen) atoms. The number of aliphatic carboxylic acids is 1. The van der Waals surface area contributed by atoms with Crippen molar-refractivity contribution >= 4 is 5.97 Å². The van der Waals surface area contributed by atoms with Crippen molar-refractivity contribution in [3.63, 3.8) is 0 Å². The first-order valence-electron chi connectivity index (χ1n) is 3.31. The molecule has 0 bridgehead atoms. The fraction of sp³-hybridized carbons (Fsp3) is 0.833. The van der Waals surface area contributed by atoms with Gasteiger partial charge in [0.2, 0.25) is 0 Å². The van der Waals surface area contributed by atoms with Gasteiger partial charge in [0, 0.05) is 18.8 Å². The highest BCUT2D eigenvalue weighted by molar-refractivity contribution is 5.79. The first kappa shape index (κ1) is 5.23. The van der Waals surface area contributed by atoms with Crippen LogP contribution in [0.3, 0.4) is 0 Å². The van der Waals surface area contributed by atoms with Crippen molar-refractivity contribution in [3.05, 3.63) is 0 Å². The molecule has 3 nitrogen and oxygen atoms in total. The van der Waals surface area contributed by atoms with E-state index in [1.165, 1.54) is 0 Å². The summed E-state index contributed by atoms with van der Waals surface area (Å²) in [5.74, 6) is -0.424. The lowest BCUT2D eigenvalue weighted by atomic mass is 10.2. The third-order valence-electron chi connectivity index (χ3n) is 2.56. The van der Waals surface area contributed by atoms with Crippen molar-refractivity contribution in [2.45, 2.75) is 18.4 Å². The fourth-order valence-corrected chi connectivity index (χ4v) is 1.83. The summed E-state index contributed by atoms with van der Waals surface area (Å²) in [5, 5.41) is 12.3. The number of piperidine rings is 1. The largest absolute Gasteiger partial charge is 0.544 e. The molecule has 2 N–H and O–H groups in total.